The van der Waals surface area contributed by atoms with Crippen LogP contribution in [0.15, 0.2) is 84.0 Å². The second kappa shape index (κ2) is 11.3. The molecule has 0 aromatic heterocycles. The molecule has 3 rings (SSSR count). The molecule has 0 aliphatic heterocycles. The molecule has 0 aliphatic carbocycles. The minimum absolute atomic E-state index is 0.348. The van der Waals surface area contributed by atoms with Crippen molar-refractivity contribution in [3.05, 3.63) is 90.0 Å². The van der Waals surface area contributed by atoms with E-state index in [1.54, 1.807) is 36.4 Å². The van der Waals surface area contributed by atoms with Crippen molar-refractivity contribution >= 4 is 27.8 Å². The Labute approximate surface area is 199 Å². The van der Waals surface area contributed by atoms with Crippen LogP contribution in [0.25, 0.3) is 0 Å². The predicted molar refractivity (Wildman–Crippen MR) is 133 cm³/mol. The van der Waals surface area contributed by atoms with Gasteiger partial charge in [0.1, 0.15) is 24.1 Å². The lowest BCUT2D eigenvalue weighted by Crippen LogP contribution is -2.46. The summed E-state index contributed by atoms with van der Waals surface area (Å²) < 4.78 is 36.6. The van der Waals surface area contributed by atoms with E-state index in [1.165, 1.54) is 20.2 Å². The number of benzene rings is 3. The molecular weight excluding hydrogens is 454 g/mol. The average molecular weight is 482 g/mol. The number of hydrazone groups is 1. The second-order valence-electron chi connectivity index (χ2n) is 7.51. The van der Waals surface area contributed by atoms with Gasteiger partial charge in [-0.3, -0.25) is 9.10 Å². The molecule has 1 atom stereocenters. The molecule has 0 fully saturated rings. The van der Waals surface area contributed by atoms with E-state index in [1.807, 2.05) is 42.5 Å². The monoisotopic (exact) mass is 481 g/mol. The first-order valence-corrected chi connectivity index (χ1v) is 12.4. The second-order valence-corrected chi connectivity index (χ2v) is 9.37. The lowest BCUT2D eigenvalue weighted by atomic mass is 10.2. The Morgan fingerprint density at radius 1 is 1.00 bits per heavy atom. The van der Waals surface area contributed by atoms with Gasteiger partial charge in [-0.1, -0.05) is 30.3 Å². The first kappa shape index (κ1) is 24.8. The molecule has 0 saturated carbocycles. The van der Waals surface area contributed by atoms with Gasteiger partial charge in [-0.2, -0.15) is 5.10 Å². The van der Waals surface area contributed by atoms with Crippen LogP contribution in [0.5, 0.6) is 11.5 Å². The van der Waals surface area contributed by atoms with Gasteiger partial charge in [0.05, 0.1) is 25.3 Å². The number of sulfonamides is 1. The summed E-state index contributed by atoms with van der Waals surface area (Å²) >= 11 is 0. The number of amides is 1. The normalized spacial score (nSPS) is 12.2. The van der Waals surface area contributed by atoms with E-state index < -0.39 is 22.0 Å². The van der Waals surface area contributed by atoms with Crippen molar-refractivity contribution in [3.63, 3.8) is 0 Å². The summed E-state index contributed by atoms with van der Waals surface area (Å²) in [5.74, 6) is 0.720. The van der Waals surface area contributed by atoms with Crippen LogP contribution in [-0.4, -0.2) is 39.9 Å². The molecule has 0 bridgehead atoms. The molecule has 34 heavy (non-hydrogen) atoms. The lowest BCUT2D eigenvalue weighted by molar-refractivity contribution is -0.121. The van der Waals surface area contributed by atoms with Gasteiger partial charge in [-0.05, 0) is 66.6 Å². The van der Waals surface area contributed by atoms with E-state index in [0.717, 1.165) is 21.7 Å². The number of methoxy groups -OCH3 is 1. The summed E-state index contributed by atoms with van der Waals surface area (Å²) in [6.07, 6.45) is 2.52. The third-order valence-corrected chi connectivity index (χ3v) is 6.17. The smallest absolute Gasteiger partial charge is 0.263 e. The zero-order valence-electron chi connectivity index (χ0n) is 19.2. The Hall–Kier alpha value is -3.85. The van der Waals surface area contributed by atoms with Crippen molar-refractivity contribution in [2.75, 3.05) is 17.7 Å². The van der Waals surface area contributed by atoms with Gasteiger partial charge in [-0.15, -0.1) is 0 Å². The summed E-state index contributed by atoms with van der Waals surface area (Å²) in [4.78, 5) is 12.6. The van der Waals surface area contributed by atoms with E-state index in [4.69, 9.17) is 9.47 Å². The van der Waals surface area contributed by atoms with Gasteiger partial charge in [0.15, 0.2) is 0 Å². The molecule has 178 valence electrons. The maximum atomic E-state index is 12.6. The first-order valence-electron chi connectivity index (χ1n) is 10.5. The molecular formula is C25H27N3O5S. The molecule has 8 nitrogen and oxygen atoms in total. The van der Waals surface area contributed by atoms with Gasteiger partial charge >= 0.3 is 0 Å². The fourth-order valence-corrected chi connectivity index (χ4v) is 4.37. The molecule has 0 saturated heterocycles. The highest BCUT2D eigenvalue weighted by molar-refractivity contribution is 7.92. The van der Waals surface area contributed by atoms with Crippen molar-refractivity contribution in [1.29, 1.82) is 0 Å². The van der Waals surface area contributed by atoms with Crippen LogP contribution < -0.4 is 19.2 Å². The number of nitrogens with one attached hydrogen (secondary N) is 1. The summed E-state index contributed by atoms with van der Waals surface area (Å²) in [5, 5.41) is 3.96. The molecule has 1 amide bonds. The Morgan fingerprint density at radius 2 is 1.62 bits per heavy atom. The van der Waals surface area contributed by atoms with Gasteiger partial charge in [0, 0.05) is 0 Å². The highest BCUT2D eigenvalue weighted by Gasteiger charge is 2.29. The van der Waals surface area contributed by atoms with E-state index >= 15 is 0 Å². The zero-order chi connectivity index (χ0) is 24.6. The number of carbonyl (C=O) groups excluding carboxylic acids is 1. The first-order chi connectivity index (χ1) is 16.3. The van der Waals surface area contributed by atoms with Crippen molar-refractivity contribution in [2.24, 2.45) is 5.10 Å². The summed E-state index contributed by atoms with van der Waals surface area (Å²) in [7, 11) is -2.21. The molecule has 0 heterocycles. The van der Waals surface area contributed by atoms with Crippen molar-refractivity contribution in [1.82, 2.24) is 5.43 Å². The van der Waals surface area contributed by atoms with Gasteiger partial charge < -0.3 is 9.47 Å². The molecule has 9 heteroatoms. The van der Waals surface area contributed by atoms with Gasteiger partial charge in [0.25, 0.3) is 5.91 Å². The van der Waals surface area contributed by atoms with Crippen LogP contribution in [0.2, 0.25) is 0 Å². The summed E-state index contributed by atoms with van der Waals surface area (Å²) in [6, 6.07) is 22.5. The predicted octanol–water partition coefficient (Wildman–Crippen LogP) is 3.58. The lowest BCUT2D eigenvalue weighted by Gasteiger charge is -2.27. The minimum atomic E-state index is -3.72. The maximum absolute atomic E-state index is 12.6. The van der Waals surface area contributed by atoms with Crippen molar-refractivity contribution in [3.8, 4) is 11.5 Å². The average Bonchev–Trinajstić information content (AvgIpc) is 2.83. The standard InChI is InChI=1S/C25H27N3O5S/c1-19(28(34(3,30)31)22-11-15-23(32-2)16-12-22)25(29)27-26-17-20-9-13-24(14-10-20)33-18-21-7-5-4-6-8-21/h4-17,19H,18H2,1-3H3,(H,27,29)/b26-17+. The fourth-order valence-electron chi connectivity index (χ4n) is 3.19. The SMILES string of the molecule is COc1ccc(N(C(C)C(=O)N/N=C/c2ccc(OCc3ccccc3)cc2)S(C)(=O)=O)cc1. The number of hydrogen-bond acceptors (Lipinski definition) is 6. The maximum Gasteiger partial charge on any atom is 0.263 e. The quantitative estimate of drug-likeness (QED) is 0.353. The van der Waals surface area contributed by atoms with E-state index in [0.29, 0.717) is 23.8 Å². The highest BCUT2D eigenvalue weighted by atomic mass is 32.2. The zero-order valence-corrected chi connectivity index (χ0v) is 20.0. The number of rotatable bonds is 10. The Morgan fingerprint density at radius 3 is 2.21 bits per heavy atom. The molecule has 0 aliphatic rings. The number of anilines is 1. The van der Waals surface area contributed by atoms with E-state index in [-0.39, 0.29) is 0 Å². The van der Waals surface area contributed by atoms with Crippen molar-refractivity contribution < 1.29 is 22.7 Å². The van der Waals surface area contributed by atoms with Crippen LogP contribution in [-0.2, 0) is 21.4 Å². The molecule has 0 radical (unpaired) electrons. The van der Waals surface area contributed by atoms with E-state index in [9.17, 15) is 13.2 Å². The fraction of sp³-hybridized carbons (Fsp3) is 0.200. The minimum Gasteiger partial charge on any atom is -0.497 e. The molecule has 1 unspecified atom stereocenters. The topological polar surface area (TPSA) is 97.3 Å². The molecule has 3 aromatic rings. The van der Waals surface area contributed by atoms with Crippen LogP contribution in [0.3, 0.4) is 0 Å². The van der Waals surface area contributed by atoms with Gasteiger partial charge in [0.2, 0.25) is 10.0 Å². The third kappa shape index (κ3) is 6.82. The Kier molecular flexibility index (Phi) is 8.26. The van der Waals surface area contributed by atoms with Crippen molar-refractivity contribution in [2.45, 2.75) is 19.6 Å². The summed E-state index contributed by atoms with van der Waals surface area (Å²) in [5.41, 5.74) is 4.57. The van der Waals surface area contributed by atoms with Gasteiger partial charge in [-0.25, -0.2) is 13.8 Å². The molecule has 1 N–H and O–H groups in total. The third-order valence-electron chi connectivity index (χ3n) is 4.93. The van der Waals surface area contributed by atoms with Crippen LogP contribution >= 0.6 is 0 Å². The Bertz CT molecular complexity index is 1210. The molecule has 0 spiro atoms. The van der Waals surface area contributed by atoms with Crippen LogP contribution in [0.1, 0.15) is 18.1 Å². The Balaban J connectivity index is 1.59. The largest absolute Gasteiger partial charge is 0.497 e. The molecule has 3 aromatic carbocycles. The van der Waals surface area contributed by atoms with Crippen LogP contribution in [0.4, 0.5) is 5.69 Å². The van der Waals surface area contributed by atoms with E-state index in [2.05, 4.69) is 10.5 Å². The number of carbonyl (C=O) groups is 1. The highest BCUT2D eigenvalue weighted by Crippen LogP contribution is 2.23. The van der Waals surface area contributed by atoms with Crippen LogP contribution in [0, 0.1) is 0 Å². The number of hydrogen-bond donors (Lipinski definition) is 1. The summed E-state index contributed by atoms with van der Waals surface area (Å²) in [6.45, 7) is 1.96. The number of ether oxygens (including phenoxy) is 2. The number of nitrogens with zero attached hydrogens (tertiary/aromatic N) is 2.